The fourth-order valence-electron chi connectivity index (χ4n) is 1.25. The fourth-order valence-corrected chi connectivity index (χ4v) is 1.25. The molecule has 0 aliphatic rings. The molecule has 1 N–H and O–H groups in total. The van der Waals surface area contributed by atoms with Gasteiger partial charge in [0.15, 0.2) is 0 Å². The predicted octanol–water partition coefficient (Wildman–Crippen LogP) is 2.05. The number of nitrogens with one attached hydrogen (secondary N) is 1. The lowest BCUT2D eigenvalue weighted by atomic mass is 10.1. The van der Waals surface area contributed by atoms with Crippen molar-refractivity contribution in [3.63, 3.8) is 0 Å². The van der Waals surface area contributed by atoms with Gasteiger partial charge in [-0.2, -0.15) is 0 Å². The van der Waals surface area contributed by atoms with Gasteiger partial charge in [-0.05, 0) is 43.6 Å². The van der Waals surface area contributed by atoms with Crippen LogP contribution in [0.15, 0.2) is 24.3 Å². The third kappa shape index (κ3) is 3.79. The molecule has 0 aliphatic heterocycles. The van der Waals surface area contributed by atoms with Crippen LogP contribution >= 0.6 is 0 Å². The first-order valence-corrected chi connectivity index (χ1v) is 5.02. The van der Waals surface area contributed by atoms with E-state index in [9.17, 15) is 0 Å². The third-order valence-corrected chi connectivity index (χ3v) is 2.08. The van der Waals surface area contributed by atoms with Crippen molar-refractivity contribution >= 4 is 0 Å². The van der Waals surface area contributed by atoms with Crippen LogP contribution in [-0.4, -0.2) is 20.2 Å². The van der Waals surface area contributed by atoms with E-state index in [0.717, 1.165) is 25.3 Å². The summed E-state index contributed by atoms with van der Waals surface area (Å²) < 4.78 is 5.09. The fraction of sp³-hybridized carbons (Fsp3) is 0.417. The van der Waals surface area contributed by atoms with Crippen LogP contribution in [0.3, 0.4) is 0 Å². The van der Waals surface area contributed by atoms with Crippen molar-refractivity contribution < 1.29 is 4.74 Å². The highest BCUT2D eigenvalue weighted by Crippen LogP contribution is 2.11. The molecule has 2 heteroatoms. The van der Waals surface area contributed by atoms with Gasteiger partial charge in [0.1, 0.15) is 5.75 Å². The molecule has 14 heavy (non-hydrogen) atoms. The summed E-state index contributed by atoms with van der Waals surface area (Å²) in [6.07, 6.45) is 3.25. The molecule has 0 atom stereocenters. The maximum Gasteiger partial charge on any atom is 0.118 e. The Hall–Kier alpha value is -1.02. The molecule has 0 saturated heterocycles. The maximum absolute atomic E-state index is 5.09. The average Bonchev–Trinajstić information content (AvgIpc) is 2.25. The SMILES string of the molecule is CCNC[CH]Cc1ccc(OC)cc1. The zero-order valence-electron chi connectivity index (χ0n) is 8.92. The highest BCUT2D eigenvalue weighted by atomic mass is 16.5. The molecule has 0 bridgehead atoms. The second kappa shape index (κ2) is 6.44. The molecule has 0 saturated carbocycles. The molecular weight excluding hydrogens is 174 g/mol. The summed E-state index contributed by atoms with van der Waals surface area (Å²) in [7, 11) is 1.69. The van der Waals surface area contributed by atoms with Crippen molar-refractivity contribution in [1.82, 2.24) is 5.32 Å². The Morgan fingerprint density at radius 1 is 1.29 bits per heavy atom. The Morgan fingerprint density at radius 2 is 2.00 bits per heavy atom. The minimum atomic E-state index is 0.917. The Labute approximate surface area is 86.3 Å². The van der Waals surface area contributed by atoms with Gasteiger partial charge < -0.3 is 10.1 Å². The van der Waals surface area contributed by atoms with E-state index in [4.69, 9.17) is 4.74 Å². The Bertz CT molecular complexity index is 243. The molecule has 1 radical (unpaired) electrons. The lowest BCUT2D eigenvalue weighted by Gasteiger charge is -2.03. The number of ether oxygens (including phenoxy) is 1. The van der Waals surface area contributed by atoms with Gasteiger partial charge in [0, 0.05) is 0 Å². The van der Waals surface area contributed by atoms with Gasteiger partial charge >= 0.3 is 0 Å². The minimum Gasteiger partial charge on any atom is -0.497 e. The van der Waals surface area contributed by atoms with E-state index in [1.807, 2.05) is 12.1 Å². The highest BCUT2D eigenvalue weighted by Gasteiger charge is 1.94. The molecule has 0 unspecified atom stereocenters. The highest BCUT2D eigenvalue weighted by molar-refractivity contribution is 5.27. The topological polar surface area (TPSA) is 21.3 Å². The largest absolute Gasteiger partial charge is 0.497 e. The van der Waals surface area contributed by atoms with Crippen LogP contribution in [-0.2, 0) is 6.42 Å². The molecule has 0 aromatic heterocycles. The molecule has 1 aromatic rings. The van der Waals surface area contributed by atoms with Gasteiger partial charge in [0.2, 0.25) is 0 Å². The summed E-state index contributed by atoms with van der Waals surface area (Å²) in [6, 6.07) is 8.19. The van der Waals surface area contributed by atoms with Gasteiger partial charge in [-0.3, -0.25) is 0 Å². The summed E-state index contributed by atoms with van der Waals surface area (Å²) >= 11 is 0. The van der Waals surface area contributed by atoms with Crippen molar-refractivity contribution in [1.29, 1.82) is 0 Å². The lowest BCUT2D eigenvalue weighted by molar-refractivity contribution is 0.414. The van der Waals surface area contributed by atoms with E-state index >= 15 is 0 Å². The van der Waals surface area contributed by atoms with E-state index < -0.39 is 0 Å². The van der Waals surface area contributed by atoms with Crippen LogP contribution in [0.1, 0.15) is 12.5 Å². The minimum absolute atomic E-state index is 0.917. The van der Waals surface area contributed by atoms with E-state index in [-0.39, 0.29) is 0 Å². The smallest absolute Gasteiger partial charge is 0.118 e. The zero-order chi connectivity index (χ0) is 10.2. The monoisotopic (exact) mass is 192 g/mol. The molecule has 0 amide bonds. The zero-order valence-corrected chi connectivity index (χ0v) is 8.92. The molecule has 2 nitrogen and oxygen atoms in total. The predicted molar refractivity (Wildman–Crippen MR) is 59.5 cm³/mol. The normalized spacial score (nSPS) is 10.1. The summed E-state index contributed by atoms with van der Waals surface area (Å²) in [5, 5.41) is 3.26. The molecular formula is C12H18NO. The van der Waals surface area contributed by atoms with E-state index in [0.29, 0.717) is 0 Å². The molecule has 0 spiro atoms. The van der Waals surface area contributed by atoms with Crippen molar-refractivity contribution in [3.05, 3.63) is 36.2 Å². The first-order chi connectivity index (χ1) is 6.86. The number of rotatable bonds is 6. The standard InChI is InChI=1S/C12H18NO/c1-3-13-10-4-5-11-6-8-12(14-2)9-7-11/h4,6-9,13H,3,5,10H2,1-2H3. The van der Waals surface area contributed by atoms with Gasteiger partial charge in [0.25, 0.3) is 0 Å². The van der Waals surface area contributed by atoms with Crippen LogP contribution in [0.5, 0.6) is 5.75 Å². The van der Waals surface area contributed by atoms with E-state index in [2.05, 4.69) is 30.8 Å². The maximum atomic E-state index is 5.09. The number of hydrogen-bond acceptors (Lipinski definition) is 2. The van der Waals surface area contributed by atoms with Crippen molar-refractivity contribution in [3.8, 4) is 5.75 Å². The van der Waals surface area contributed by atoms with E-state index in [1.54, 1.807) is 7.11 Å². The van der Waals surface area contributed by atoms with Gasteiger partial charge in [-0.25, -0.2) is 0 Å². The Kier molecular flexibility index (Phi) is 5.08. The second-order valence-corrected chi connectivity index (χ2v) is 3.15. The first kappa shape index (κ1) is 11.1. The molecule has 0 aliphatic carbocycles. The molecule has 77 valence electrons. The second-order valence-electron chi connectivity index (χ2n) is 3.15. The summed E-state index contributed by atoms with van der Waals surface area (Å²) in [4.78, 5) is 0. The first-order valence-electron chi connectivity index (χ1n) is 5.02. The van der Waals surface area contributed by atoms with Crippen LogP contribution in [0.2, 0.25) is 0 Å². The lowest BCUT2D eigenvalue weighted by Crippen LogP contribution is -2.15. The van der Waals surface area contributed by atoms with Crippen LogP contribution in [0, 0.1) is 6.42 Å². The summed E-state index contributed by atoms with van der Waals surface area (Å²) in [5.41, 5.74) is 1.32. The van der Waals surface area contributed by atoms with Crippen molar-refractivity contribution in [2.24, 2.45) is 0 Å². The Morgan fingerprint density at radius 3 is 2.57 bits per heavy atom. The van der Waals surface area contributed by atoms with Crippen molar-refractivity contribution in [2.45, 2.75) is 13.3 Å². The summed E-state index contributed by atoms with van der Waals surface area (Å²) in [5.74, 6) is 0.917. The van der Waals surface area contributed by atoms with Gasteiger partial charge in [0.05, 0.1) is 7.11 Å². The molecule has 0 heterocycles. The molecule has 1 aromatic carbocycles. The quantitative estimate of drug-likeness (QED) is 0.696. The molecule has 0 fully saturated rings. The number of methoxy groups -OCH3 is 1. The van der Waals surface area contributed by atoms with Gasteiger partial charge in [-0.1, -0.05) is 19.1 Å². The van der Waals surface area contributed by atoms with E-state index in [1.165, 1.54) is 5.56 Å². The van der Waals surface area contributed by atoms with Gasteiger partial charge in [-0.15, -0.1) is 0 Å². The molecule has 1 rings (SSSR count). The van der Waals surface area contributed by atoms with Crippen LogP contribution in [0.25, 0.3) is 0 Å². The van der Waals surface area contributed by atoms with Crippen LogP contribution in [0.4, 0.5) is 0 Å². The third-order valence-electron chi connectivity index (χ3n) is 2.08. The number of benzene rings is 1. The summed E-state index contributed by atoms with van der Waals surface area (Å²) in [6.45, 7) is 4.11. The average molecular weight is 192 g/mol. The van der Waals surface area contributed by atoms with Crippen molar-refractivity contribution in [2.75, 3.05) is 20.2 Å². The number of hydrogen-bond donors (Lipinski definition) is 1. The van der Waals surface area contributed by atoms with Crippen LogP contribution < -0.4 is 10.1 Å². The Balaban J connectivity index is 2.29.